The highest BCUT2D eigenvalue weighted by Crippen LogP contribution is 2.27. The van der Waals surface area contributed by atoms with E-state index in [1.54, 1.807) is 6.20 Å². The molecule has 1 aromatic heterocycles. The van der Waals surface area contributed by atoms with E-state index in [1.807, 2.05) is 23.9 Å². The van der Waals surface area contributed by atoms with Gasteiger partial charge in [0.25, 0.3) is 0 Å². The number of amides is 1. The van der Waals surface area contributed by atoms with Crippen LogP contribution in [0.5, 0.6) is 0 Å². The van der Waals surface area contributed by atoms with Gasteiger partial charge in [-0.2, -0.15) is 5.10 Å². The van der Waals surface area contributed by atoms with Crippen molar-refractivity contribution in [2.75, 3.05) is 13.1 Å². The van der Waals surface area contributed by atoms with E-state index in [1.165, 1.54) is 0 Å². The number of aromatic nitrogens is 2. The Hall–Kier alpha value is -1.36. The van der Waals surface area contributed by atoms with Crippen molar-refractivity contribution in [3.05, 3.63) is 18.5 Å². The Labute approximate surface area is 108 Å². The van der Waals surface area contributed by atoms with Crippen molar-refractivity contribution in [1.82, 2.24) is 20.4 Å². The van der Waals surface area contributed by atoms with Crippen LogP contribution in [0, 0.1) is 0 Å². The van der Waals surface area contributed by atoms with Gasteiger partial charge in [0.2, 0.25) is 5.91 Å². The molecule has 0 radical (unpaired) electrons. The van der Waals surface area contributed by atoms with Crippen LogP contribution < -0.4 is 10.6 Å². The topological polar surface area (TPSA) is 59.0 Å². The third-order valence-corrected chi connectivity index (χ3v) is 3.79. The fourth-order valence-corrected chi connectivity index (χ4v) is 2.38. The fraction of sp³-hybridized carbons (Fsp3) is 0.692. The molecule has 0 spiro atoms. The molecule has 2 rings (SSSR count). The molecule has 1 saturated heterocycles. The van der Waals surface area contributed by atoms with E-state index in [4.69, 9.17) is 0 Å². The zero-order chi connectivity index (χ0) is 13.0. The number of rotatable bonds is 4. The Morgan fingerprint density at radius 2 is 2.28 bits per heavy atom. The second kappa shape index (κ2) is 5.52. The first-order valence-electron chi connectivity index (χ1n) is 6.71. The maximum atomic E-state index is 12.6. The van der Waals surface area contributed by atoms with E-state index in [2.05, 4.69) is 22.7 Å². The van der Waals surface area contributed by atoms with Crippen molar-refractivity contribution in [2.24, 2.45) is 0 Å². The maximum Gasteiger partial charge on any atom is 0.248 e. The number of piperidine rings is 1. The summed E-state index contributed by atoms with van der Waals surface area (Å²) in [5.74, 6) is 0.0991. The minimum Gasteiger partial charge on any atom is -0.352 e. The first-order valence-corrected chi connectivity index (χ1v) is 6.71. The first kappa shape index (κ1) is 13.1. The third kappa shape index (κ3) is 2.41. The van der Waals surface area contributed by atoms with Gasteiger partial charge in [-0.1, -0.05) is 6.92 Å². The third-order valence-electron chi connectivity index (χ3n) is 3.79. The number of carbonyl (C=O) groups excluding carboxylic acids is 1. The summed E-state index contributed by atoms with van der Waals surface area (Å²) < 4.78 is 1.82. The van der Waals surface area contributed by atoms with Crippen molar-refractivity contribution in [3.8, 4) is 0 Å². The van der Waals surface area contributed by atoms with E-state index >= 15 is 0 Å². The Kier molecular flexibility index (Phi) is 4.01. The summed E-state index contributed by atoms with van der Waals surface area (Å²) >= 11 is 0. The summed E-state index contributed by atoms with van der Waals surface area (Å²) in [6.45, 7) is 5.82. The Bertz CT molecular complexity index is 382. The van der Waals surface area contributed by atoms with Crippen molar-refractivity contribution in [2.45, 2.75) is 44.7 Å². The molecule has 2 heterocycles. The second-order valence-corrected chi connectivity index (χ2v) is 5.01. The van der Waals surface area contributed by atoms with Crippen LogP contribution in [0.25, 0.3) is 0 Å². The van der Waals surface area contributed by atoms with Crippen LogP contribution in [-0.2, 0) is 10.3 Å². The number of nitrogens with zero attached hydrogens (tertiary/aromatic N) is 2. The Morgan fingerprint density at radius 1 is 1.56 bits per heavy atom. The van der Waals surface area contributed by atoms with Crippen molar-refractivity contribution < 1.29 is 4.79 Å². The van der Waals surface area contributed by atoms with E-state index < -0.39 is 5.54 Å². The molecule has 100 valence electrons. The molecule has 2 N–H and O–H groups in total. The largest absolute Gasteiger partial charge is 0.352 e. The van der Waals surface area contributed by atoms with Crippen LogP contribution in [0.2, 0.25) is 0 Å². The molecule has 1 amide bonds. The first-order chi connectivity index (χ1) is 8.69. The zero-order valence-corrected chi connectivity index (χ0v) is 11.1. The molecule has 1 aromatic rings. The predicted octanol–water partition coefficient (Wildman–Crippen LogP) is 0.876. The van der Waals surface area contributed by atoms with Crippen LogP contribution in [-0.4, -0.2) is 34.8 Å². The molecule has 1 fully saturated rings. The summed E-state index contributed by atoms with van der Waals surface area (Å²) in [6, 6.07) is 2.08. The molecule has 1 unspecified atom stereocenters. The van der Waals surface area contributed by atoms with E-state index in [0.29, 0.717) is 0 Å². The molecular formula is C13H22N4O. The average molecular weight is 250 g/mol. The minimum absolute atomic E-state index is 0.0991. The van der Waals surface area contributed by atoms with Gasteiger partial charge in [-0.25, -0.2) is 0 Å². The van der Waals surface area contributed by atoms with E-state index in [0.717, 1.165) is 32.4 Å². The molecule has 1 atom stereocenters. The lowest BCUT2D eigenvalue weighted by atomic mass is 9.87. The summed E-state index contributed by atoms with van der Waals surface area (Å²) in [5, 5.41) is 10.7. The van der Waals surface area contributed by atoms with Crippen molar-refractivity contribution in [1.29, 1.82) is 0 Å². The van der Waals surface area contributed by atoms with Gasteiger partial charge in [0, 0.05) is 18.4 Å². The number of nitrogens with one attached hydrogen (secondary N) is 2. The summed E-state index contributed by atoms with van der Waals surface area (Å²) in [7, 11) is 0. The van der Waals surface area contributed by atoms with Gasteiger partial charge < -0.3 is 10.6 Å². The van der Waals surface area contributed by atoms with Gasteiger partial charge in [0.05, 0.1) is 0 Å². The number of carbonyl (C=O) groups is 1. The van der Waals surface area contributed by atoms with Gasteiger partial charge in [-0.15, -0.1) is 0 Å². The molecule has 0 bridgehead atoms. The summed E-state index contributed by atoms with van der Waals surface area (Å²) in [5.41, 5.74) is -0.516. The van der Waals surface area contributed by atoms with Crippen LogP contribution in [0.4, 0.5) is 0 Å². The molecule has 1 aliphatic heterocycles. The highest BCUT2D eigenvalue weighted by atomic mass is 16.2. The highest BCUT2D eigenvalue weighted by molar-refractivity contribution is 5.84. The highest BCUT2D eigenvalue weighted by Gasteiger charge is 2.42. The molecule has 1 aliphatic rings. The molecule has 0 aromatic carbocycles. The van der Waals surface area contributed by atoms with Crippen LogP contribution in [0.1, 0.15) is 33.1 Å². The number of hydrogen-bond donors (Lipinski definition) is 2. The van der Waals surface area contributed by atoms with Gasteiger partial charge in [-0.3, -0.25) is 9.48 Å². The monoisotopic (exact) mass is 250 g/mol. The van der Waals surface area contributed by atoms with Crippen LogP contribution in [0.3, 0.4) is 0 Å². The number of hydrogen-bond acceptors (Lipinski definition) is 3. The molecule has 5 nitrogen and oxygen atoms in total. The lowest BCUT2D eigenvalue weighted by molar-refractivity contribution is -0.132. The molecular weight excluding hydrogens is 228 g/mol. The fourth-order valence-electron chi connectivity index (χ4n) is 2.38. The standard InChI is InChI=1S/C13H22N4O/c1-3-11(2)16-12(18)13(5-8-14-9-6-13)17-10-4-7-15-17/h4,7,10-11,14H,3,5-6,8-9H2,1-2H3,(H,16,18). The Morgan fingerprint density at radius 3 is 2.83 bits per heavy atom. The van der Waals surface area contributed by atoms with Gasteiger partial charge >= 0.3 is 0 Å². The van der Waals surface area contributed by atoms with Gasteiger partial charge in [0.15, 0.2) is 0 Å². The normalized spacial score (nSPS) is 20.3. The zero-order valence-electron chi connectivity index (χ0n) is 11.1. The van der Waals surface area contributed by atoms with Gasteiger partial charge in [0.1, 0.15) is 5.54 Å². The average Bonchev–Trinajstić information content (AvgIpc) is 2.93. The Balaban J connectivity index is 2.22. The van der Waals surface area contributed by atoms with E-state index in [9.17, 15) is 4.79 Å². The summed E-state index contributed by atoms with van der Waals surface area (Å²) in [4.78, 5) is 12.6. The van der Waals surface area contributed by atoms with Crippen molar-refractivity contribution in [3.63, 3.8) is 0 Å². The van der Waals surface area contributed by atoms with Crippen LogP contribution >= 0.6 is 0 Å². The van der Waals surface area contributed by atoms with Crippen LogP contribution in [0.15, 0.2) is 18.5 Å². The lowest BCUT2D eigenvalue weighted by Crippen LogP contribution is -2.56. The SMILES string of the molecule is CCC(C)NC(=O)C1(n2cccn2)CCNCC1. The summed E-state index contributed by atoms with van der Waals surface area (Å²) in [6.07, 6.45) is 6.15. The predicted molar refractivity (Wildman–Crippen MR) is 70.2 cm³/mol. The molecule has 0 saturated carbocycles. The quantitative estimate of drug-likeness (QED) is 0.834. The lowest BCUT2D eigenvalue weighted by Gasteiger charge is -2.37. The second-order valence-electron chi connectivity index (χ2n) is 5.01. The molecule has 0 aliphatic carbocycles. The van der Waals surface area contributed by atoms with E-state index in [-0.39, 0.29) is 11.9 Å². The molecule has 5 heteroatoms. The smallest absolute Gasteiger partial charge is 0.248 e. The minimum atomic E-state index is -0.516. The van der Waals surface area contributed by atoms with Gasteiger partial charge in [-0.05, 0) is 45.3 Å². The molecule has 18 heavy (non-hydrogen) atoms. The van der Waals surface area contributed by atoms with Crippen molar-refractivity contribution >= 4 is 5.91 Å². The maximum absolute atomic E-state index is 12.6.